The second-order valence-corrected chi connectivity index (χ2v) is 5.60. The fourth-order valence-corrected chi connectivity index (χ4v) is 3.41. The van der Waals surface area contributed by atoms with Gasteiger partial charge < -0.3 is 10.0 Å². The number of fused-ring (bicyclic) bond motifs is 1. The van der Waals surface area contributed by atoms with Crippen molar-refractivity contribution in [3.05, 3.63) is 71.8 Å². The minimum Gasteiger partial charge on any atom is -0.423 e. The molecule has 0 fully saturated rings. The van der Waals surface area contributed by atoms with Gasteiger partial charge in [0.15, 0.2) is 0 Å². The van der Waals surface area contributed by atoms with Gasteiger partial charge in [-0.05, 0) is 51.7 Å². The van der Waals surface area contributed by atoms with Crippen LogP contribution in [0.4, 0.5) is 0 Å². The largest absolute Gasteiger partial charge is 0.489 e. The van der Waals surface area contributed by atoms with Crippen LogP contribution in [0.2, 0.25) is 0 Å². The second-order valence-electron chi connectivity index (χ2n) is 5.60. The maximum Gasteiger partial charge on any atom is 0.489 e. The number of rotatable bonds is 4. The van der Waals surface area contributed by atoms with Crippen LogP contribution in [0, 0.1) is 0 Å². The smallest absolute Gasteiger partial charge is 0.423 e. The van der Waals surface area contributed by atoms with Crippen LogP contribution in [0.3, 0.4) is 0 Å². The molecule has 2 aromatic rings. The van der Waals surface area contributed by atoms with E-state index in [1.54, 1.807) is 12.2 Å². The second kappa shape index (κ2) is 6.41. The third-order valence-electron chi connectivity index (χ3n) is 4.34. The number of allylic oxidation sites excluding steroid dienone is 1. The van der Waals surface area contributed by atoms with E-state index in [9.17, 15) is 10.0 Å². The molecule has 3 rings (SSSR count). The van der Waals surface area contributed by atoms with Gasteiger partial charge in [-0.25, -0.2) is 0 Å². The summed E-state index contributed by atoms with van der Waals surface area (Å²) in [6.07, 6.45) is 9.33. The predicted molar refractivity (Wildman–Crippen MR) is 99.2 cm³/mol. The highest BCUT2D eigenvalue weighted by Gasteiger charge is 2.27. The first kappa shape index (κ1) is 15.5. The molecule has 0 atom stereocenters. The lowest BCUT2D eigenvalue weighted by Gasteiger charge is -2.25. The van der Waals surface area contributed by atoms with Crippen LogP contribution in [-0.2, 0) is 6.42 Å². The van der Waals surface area contributed by atoms with Crippen LogP contribution < -0.4 is 5.46 Å². The Bertz CT molecular complexity index is 789. The first-order valence-electron chi connectivity index (χ1n) is 7.74. The van der Waals surface area contributed by atoms with E-state index in [2.05, 4.69) is 31.4 Å². The third kappa shape index (κ3) is 2.58. The summed E-state index contributed by atoms with van der Waals surface area (Å²) >= 11 is 0. The summed E-state index contributed by atoms with van der Waals surface area (Å²) in [5.41, 5.74) is 6.41. The molecule has 2 aromatic carbocycles. The van der Waals surface area contributed by atoms with Crippen molar-refractivity contribution in [3.8, 4) is 11.1 Å². The summed E-state index contributed by atoms with van der Waals surface area (Å²) < 4.78 is 0. The Morgan fingerprint density at radius 3 is 2.30 bits per heavy atom. The van der Waals surface area contributed by atoms with Crippen LogP contribution in [0.5, 0.6) is 0 Å². The van der Waals surface area contributed by atoms with E-state index in [0.717, 1.165) is 46.2 Å². The normalized spacial score (nSPS) is 12.6. The molecule has 0 bridgehead atoms. The first-order chi connectivity index (χ1) is 11.2. The van der Waals surface area contributed by atoms with Gasteiger partial charge in [0.25, 0.3) is 0 Å². The Labute approximate surface area is 137 Å². The van der Waals surface area contributed by atoms with Gasteiger partial charge >= 0.3 is 7.12 Å². The van der Waals surface area contributed by atoms with E-state index in [1.807, 2.05) is 24.3 Å². The van der Waals surface area contributed by atoms with Crippen LogP contribution in [0.25, 0.3) is 29.4 Å². The Kier molecular flexibility index (Phi) is 4.33. The van der Waals surface area contributed by atoms with Crippen molar-refractivity contribution in [1.82, 2.24) is 0 Å². The van der Waals surface area contributed by atoms with Crippen molar-refractivity contribution >= 4 is 30.8 Å². The molecular formula is C20H19BO2. The zero-order valence-electron chi connectivity index (χ0n) is 13.0. The van der Waals surface area contributed by atoms with Gasteiger partial charge in [0.2, 0.25) is 0 Å². The van der Waals surface area contributed by atoms with E-state index in [0.29, 0.717) is 5.46 Å². The molecular weight excluding hydrogens is 283 g/mol. The van der Waals surface area contributed by atoms with Crippen LogP contribution in [0.15, 0.2) is 49.6 Å². The van der Waals surface area contributed by atoms with E-state index < -0.39 is 7.12 Å². The molecule has 1 aliphatic carbocycles. The van der Waals surface area contributed by atoms with Crippen LogP contribution in [0.1, 0.15) is 28.7 Å². The molecule has 2 nitrogen and oxygen atoms in total. The molecule has 23 heavy (non-hydrogen) atoms. The fraction of sp³-hybridized carbons (Fsp3) is 0.100. The summed E-state index contributed by atoms with van der Waals surface area (Å²) in [5.74, 6) is 0. The number of benzene rings is 2. The van der Waals surface area contributed by atoms with Crippen molar-refractivity contribution in [2.75, 3.05) is 0 Å². The number of hydrogen-bond donors (Lipinski definition) is 2. The molecule has 3 heteroatoms. The lowest BCUT2D eigenvalue weighted by Crippen LogP contribution is -2.36. The van der Waals surface area contributed by atoms with E-state index in [1.165, 1.54) is 0 Å². The molecule has 0 saturated carbocycles. The minimum atomic E-state index is -1.54. The molecule has 0 unspecified atom stereocenters. The monoisotopic (exact) mass is 302 g/mol. The molecule has 1 aliphatic rings. The van der Waals surface area contributed by atoms with E-state index >= 15 is 0 Å². The highest BCUT2D eigenvalue weighted by atomic mass is 16.4. The molecule has 0 aromatic heterocycles. The SMILES string of the molecule is C=Cc1c(C=C)c(-c2ccccc2)c2c(c1B(O)O)C=CCC2. The standard InChI is InChI=1S/C20H19BO2/c1-3-15-16(4-2)20(21(22)23)18-13-9-8-12-17(18)19(15)14-10-6-5-7-11-14/h3-7,9-11,13,22-23H,1-2,8,12H2. The summed E-state index contributed by atoms with van der Waals surface area (Å²) in [6, 6.07) is 10.2. The van der Waals surface area contributed by atoms with Gasteiger partial charge in [0.05, 0.1) is 0 Å². The van der Waals surface area contributed by atoms with Crippen molar-refractivity contribution < 1.29 is 10.0 Å². The maximum atomic E-state index is 9.91. The van der Waals surface area contributed by atoms with Gasteiger partial charge in [-0.15, -0.1) is 0 Å². The van der Waals surface area contributed by atoms with Crippen molar-refractivity contribution in [3.63, 3.8) is 0 Å². The molecule has 0 amide bonds. The Hall–Kier alpha value is -2.36. The summed E-state index contributed by atoms with van der Waals surface area (Å²) in [6.45, 7) is 7.82. The van der Waals surface area contributed by atoms with Crippen LogP contribution in [-0.4, -0.2) is 17.2 Å². The van der Waals surface area contributed by atoms with E-state index in [-0.39, 0.29) is 0 Å². The zero-order valence-corrected chi connectivity index (χ0v) is 13.0. The number of hydrogen-bond acceptors (Lipinski definition) is 2. The van der Waals surface area contributed by atoms with E-state index in [4.69, 9.17) is 0 Å². The van der Waals surface area contributed by atoms with Gasteiger partial charge in [-0.1, -0.05) is 67.8 Å². The lowest BCUT2D eigenvalue weighted by atomic mass is 9.68. The quantitative estimate of drug-likeness (QED) is 0.851. The first-order valence-corrected chi connectivity index (χ1v) is 7.74. The van der Waals surface area contributed by atoms with Crippen molar-refractivity contribution in [2.24, 2.45) is 0 Å². The Morgan fingerprint density at radius 1 is 1.00 bits per heavy atom. The van der Waals surface area contributed by atoms with Gasteiger partial charge in [0.1, 0.15) is 0 Å². The molecule has 0 radical (unpaired) electrons. The zero-order chi connectivity index (χ0) is 16.4. The molecule has 2 N–H and O–H groups in total. The van der Waals surface area contributed by atoms with Gasteiger partial charge in [-0.3, -0.25) is 0 Å². The molecule has 0 heterocycles. The summed E-state index contributed by atoms with van der Waals surface area (Å²) in [7, 11) is -1.54. The highest BCUT2D eigenvalue weighted by Crippen LogP contribution is 2.36. The topological polar surface area (TPSA) is 40.5 Å². The van der Waals surface area contributed by atoms with Gasteiger partial charge in [0, 0.05) is 0 Å². The Balaban J connectivity index is 2.47. The average Bonchev–Trinajstić information content (AvgIpc) is 2.59. The summed E-state index contributed by atoms with van der Waals surface area (Å²) in [4.78, 5) is 0. The molecule has 0 saturated heterocycles. The van der Waals surface area contributed by atoms with Gasteiger partial charge in [-0.2, -0.15) is 0 Å². The average molecular weight is 302 g/mol. The highest BCUT2D eigenvalue weighted by molar-refractivity contribution is 6.61. The van der Waals surface area contributed by atoms with Crippen molar-refractivity contribution in [1.29, 1.82) is 0 Å². The summed E-state index contributed by atoms with van der Waals surface area (Å²) in [5, 5.41) is 19.8. The third-order valence-corrected chi connectivity index (χ3v) is 4.34. The molecule has 0 aliphatic heterocycles. The minimum absolute atomic E-state index is 0.514. The Morgan fingerprint density at radius 2 is 1.70 bits per heavy atom. The van der Waals surface area contributed by atoms with Crippen LogP contribution >= 0.6 is 0 Å². The predicted octanol–water partition coefficient (Wildman–Crippen LogP) is 3.28. The lowest BCUT2D eigenvalue weighted by molar-refractivity contribution is 0.425. The molecule has 0 spiro atoms. The van der Waals surface area contributed by atoms with Crippen molar-refractivity contribution in [2.45, 2.75) is 12.8 Å². The maximum absolute atomic E-state index is 9.91. The molecule has 114 valence electrons. The fourth-order valence-electron chi connectivity index (χ4n) is 3.41.